The van der Waals surface area contributed by atoms with E-state index in [1.165, 1.54) is 6.08 Å². The number of carbonyl (C=O) groups excluding carboxylic acids is 2. The summed E-state index contributed by atoms with van der Waals surface area (Å²) in [5.41, 5.74) is 3.02. The number of hydroxylamine groups is 1. The number of rotatable bonds is 9. The quantitative estimate of drug-likeness (QED) is 0.253. The van der Waals surface area contributed by atoms with E-state index in [-0.39, 0.29) is 24.3 Å². The molecule has 160 valence electrons. The third-order valence-electron chi connectivity index (χ3n) is 4.62. The molecule has 1 fully saturated rings. The van der Waals surface area contributed by atoms with Crippen LogP contribution in [0.15, 0.2) is 30.3 Å². The van der Waals surface area contributed by atoms with Crippen LogP contribution in [-0.4, -0.2) is 41.4 Å². The summed E-state index contributed by atoms with van der Waals surface area (Å²) in [6.07, 6.45) is 6.94. The summed E-state index contributed by atoms with van der Waals surface area (Å²) in [6.45, 7) is 6.59. The SMILES string of the molecule is CC(C)(C)OC[C@@H](NCc1ccc(C=CC(=O)NO)cc1)C(=O)OC1CCCC1. The van der Waals surface area contributed by atoms with E-state index < -0.39 is 11.9 Å². The Balaban J connectivity index is 1.93. The topological polar surface area (TPSA) is 96.9 Å². The van der Waals surface area contributed by atoms with Gasteiger partial charge in [0.25, 0.3) is 5.91 Å². The number of esters is 1. The molecule has 1 aliphatic carbocycles. The third kappa shape index (κ3) is 8.77. The van der Waals surface area contributed by atoms with Crippen LogP contribution in [-0.2, 0) is 25.6 Å². The van der Waals surface area contributed by atoms with Gasteiger partial charge in [0.05, 0.1) is 12.2 Å². The molecule has 0 spiro atoms. The van der Waals surface area contributed by atoms with Crippen LogP contribution in [0.4, 0.5) is 0 Å². The molecule has 0 bridgehead atoms. The van der Waals surface area contributed by atoms with E-state index >= 15 is 0 Å². The Morgan fingerprint density at radius 2 is 1.86 bits per heavy atom. The number of nitrogens with one attached hydrogen (secondary N) is 2. The van der Waals surface area contributed by atoms with Crippen LogP contribution < -0.4 is 10.8 Å². The maximum Gasteiger partial charge on any atom is 0.325 e. The van der Waals surface area contributed by atoms with Crippen LogP contribution in [0.1, 0.15) is 57.6 Å². The van der Waals surface area contributed by atoms with Crippen molar-refractivity contribution in [3.63, 3.8) is 0 Å². The first kappa shape index (κ1) is 23.1. The van der Waals surface area contributed by atoms with Gasteiger partial charge in [0.2, 0.25) is 0 Å². The predicted molar refractivity (Wildman–Crippen MR) is 110 cm³/mol. The second-order valence-electron chi connectivity index (χ2n) is 8.25. The van der Waals surface area contributed by atoms with Gasteiger partial charge < -0.3 is 9.47 Å². The maximum atomic E-state index is 12.6. The Hall–Kier alpha value is -2.22. The standard InChI is InChI=1S/C22H32N2O5/c1-22(2,3)28-15-19(21(26)29-18-6-4-5-7-18)23-14-17-10-8-16(9-11-17)12-13-20(25)24-27/h8-13,18-19,23,27H,4-7,14-15H2,1-3H3,(H,24,25)/t19-/m1/s1. The number of amides is 1. The van der Waals surface area contributed by atoms with E-state index in [0.29, 0.717) is 6.54 Å². The fraction of sp³-hybridized carbons (Fsp3) is 0.545. The average Bonchev–Trinajstić information content (AvgIpc) is 3.19. The highest BCUT2D eigenvalue weighted by Crippen LogP contribution is 2.21. The molecule has 0 heterocycles. The van der Waals surface area contributed by atoms with Crippen molar-refractivity contribution in [2.75, 3.05) is 6.61 Å². The minimum absolute atomic E-state index is 0.0172. The smallest absolute Gasteiger partial charge is 0.325 e. The van der Waals surface area contributed by atoms with Crippen molar-refractivity contribution in [2.24, 2.45) is 0 Å². The van der Waals surface area contributed by atoms with E-state index in [4.69, 9.17) is 14.7 Å². The lowest BCUT2D eigenvalue weighted by molar-refractivity contribution is -0.154. The molecule has 0 aromatic heterocycles. The molecule has 3 N–H and O–H groups in total. The summed E-state index contributed by atoms with van der Waals surface area (Å²) in [6, 6.07) is 6.99. The molecular formula is C22H32N2O5. The van der Waals surface area contributed by atoms with Crippen molar-refractivity contribution in [3.05, 3.63) is 41.5 Å². The molecule has 0 saturated heterocycles. The first-order valence-corrected chi connectivity index (χ1v) is 10.1. The van der Waals surface area contributed by atoms with E-state index in [1.54, 1.807) is 11.6 Å². The van der Waals surface area contributed by atoms with Crippen LogP contribution in [0, 0.1) is 0 Å². The van der Waals surface area contributed by atoms with Gasteiger partial charge in [0.15, 0.2) is 0 Å². The molecule has 1 aromatic rings. The minimum atomic E-state index is -0.585. The summed E-state index contributed by atoms with van der Waals surface area (Å²) in [4.78, 5) is 23.7. The van der Waals surface area contributed by atoms with Gasteiger partial charge in [-0.1, -0.05) is 24.3 Å². The van der Waals surface area contributed by atoms with Gasteiger partial charge >= 0.3 is 5.97 Å². The summed E-state index contributed by atoms with van der Waals surface area (Å²) < 4.78 is 11.5. The monoisotopic (exact) mass is 404 g/mol. The van der Waals surface area contributed by atoms with Crippen molar-refractivity contribution >= 4 is 18.0 Å². The minimum Gasteiger partial charge on any atom is -0.461 e. The van der Waals surface area contributed by atoms with Crippen molar-refractivity contribution in [2.45, 2.75) is 70.7 Å². The molecule has 0 unspecified atom stereocenters. The largest absolute Gasteiger partial charge is 0.461 e. The molecule has 1 saturated carbocycles. The van der Waals surface area contributed by atoms with Gasteiger partial charge in [0.1, 0.15) is 12.1 Å². The molecule has 0 radical (unpaired) electrons. The fourth-order valence-electron chi connectivity index (χ4n) is 2.99. The zero-order valence-corrected chi connectivity index (χ0v) is 17.4. The Labute approximate surface area is 172 Å². The Bertz CT molecular complexity index is 688. The molecule has 29 heavy (non-hydrogen) atoms. The normalized spacial score (nSPS) is 16.1. The number of carbonyl (C=O) groups is 2. The highest BCUT2D eigenvalue weighted by atomic mass is 16.6. The molecule has 1 amide bonds. The van der Waals surface area contributed by atoms with Gasteiger partial charge in [0, 0.05) is 12.6 Å². The molecule has 2 rings (SSSR count). The lowest BCUT2D eigenvalue weighted by Gasteiger charge is -2.25. The van der Waals surface area contributed by atoms with Gasteiger partial charge in [-0.25, -0.2) is 5.48 Å². The van der Waals surface area contributed by atoms with Crippen LogP contribution in [0.2, 0.25) is 0 Å². The highest BCUT2D eigenvalue weighted by molar-refractivity contribution is 5.90. The third-order valence-corrected chi connectivity index (χ3v) is 4.62. The Morgan fingerprint density at radius 3 is 2.45 bits per heavy atom. The van der Waals surface area contributed by atoms with Crippen LogP contribution >= 0.6 is 0 Å². The molecule has 7 nitrogen and oxygen atoms in total. The second-order valence-corrected chi connectivity index (χ2v) is 8.25. The Kier molecular flexibility index (Phi) is 8.82. The van der Waals surface area contributed by atoms with Gasteiger partial charge in [-0.3, -0.25) is 20.1 Å². The number of benzene rings is 1. The molecule has 1 aromatic carbocycles. The molecule has 0 aliphatic heterocycles. The van der Waals surface area contributed by atoms with Crippen molar-refractivity contribution in [1.82, 2.24) is 10.8 Å². The lowest BCUT2D eigenvalue weighted by atomic mass is 10.1. The number of hydrogen-bond donors (Lipinski definition) is 3. The molecular weight excluding hydrogens is 372 g/mol. The van der Waals surface area contributed by atoms with Crippen molar-refractivity contribution in [3.8, 4) is 0 Å². The summed E-state index contributed by atoms with van der Waals surface area (Å²) in [7, 11) is 0. The summed E-state index contributed by atoms with van der Waals surface area (Å²) in [5.74, 6) is -0.853. The predicted octanol–water partition coefficient (Wildman–Crippen LogP) is 2.96. The summed E-state index contributed by atoms with van der Waals surface area (Å²) >= 11 is 0. The van der Waals surface area contributed by atoms with E-state index in [9.17, 15) is 9.59 Å². The number of ether oxygens (including phenoxy) is 2. The van der Waals surface area contributed by atoms with Crippen LogP contribution in [0.5, 0.6) is 0 Å². The van der Waals surface area contributed by atoms with Crippen LogP contribution in [0.3, 0.4) is 0 Å². The molecule has 7 heteroatoms. The maximum absolute atomic E-state index is 12.6. The second kappa shape index (κ2) is 11.1. The van der Waals surface area contributed by atoms with E-state index in [0.717, 1.165) is 36.8 Å². The highest BCUT2D eigenvalue weighted by Gasteiger charge is 2.27. The lowest BCUT2D eigenvalue weighted by Crippen LogP contribution is -2.44. The van der Waals surface area contributed by atoms with E-state index in [1.807, 2.05) is 45.0 Å². The van der Waals surface area contributed by atoms with E-state index in [2.05, 4.69) is 5.32 Å². The molecule has 1 atom stereocenters. The number of hydrogen-bond acceptors (Lipinski definition) is 6. The Morgan fingerprint density at radius 1 is 1.21 bits per heavy atom. The average molecular weight is 405 g/mol. The zero-order valence-electron chi connectivity index (χ0n) is 17.4. The molecule has 1 aliphatic rings. The van der Waals surface area contributed by atoms with Gasteiger partial charge in [-0.05, 0) is 63.7 Å². The zero-order chi connectivity index (χ0) is 21.3. The van der Waals surface area contributed by atoms with Crippen molar-refractivity contribution in [1.29, 1.82) is 0 Å². The van der Waals surface area contributed by atoms with Gasteiger partial charge in [-0.15, -0.1) is 0 Å². The van der Waals surface area contributed by atoms with Gasteiger partial charge in [-0.2, -0.15) is 0 Å². The van der Waals surface area contributed by atoms with Crippen LogP contribution in [0.25, 0.3) is 6.08 Å². The fourth-order valence-corrected chi connectivity index (χ4v) is 2.99. The first-order chi connectivity index (χ1) is 13.8. The summed E-state index contributed by atoms with van der Waals surface area (Å²) in [5, 5.41) is 11.7. The first-order valence-electron chi connectivity index (χ1n) is 10.1. The van der Waals surface area contributed by atoms with Crippen molar-refractivity contribution < 1.29 is 24.3 Å².